The number of H-pyrrole nitrogens is 1. The van der Waals surface area contributed by atoms with Crippen molar-refractivity contribution in [3.63, 3.8) is 0 Å². The molecule has 100 valence electrons. The van der Waals surface area contributed by atoms with Crippen molar-refractivity contribution in [3.05, 3.63) is 50.7 Å². The molecule has 1 fully saturated rings. The Balaban J connectivity index is 1.81. The summed E-state index contributed by atoms with van der Waals surface area (Å²) in [6, 6.07) is 10.5. The van der Waals surface area contributed by atoms with Gasteiger partial charge in [-0.05, 0) is 36.6 Å². The van der Waals surface area contributed by atoms with Crippen LogP contribution in [-0.4, -0.2) is 9.78 Å². The first-order valence-electron chi connectivity index (χ1n) is 6.76. The van der Waals surface area contributed by atoms with Crippen molar-refractivity contribution in [1.29, 1.82) is 0 Å². The Morgan fingerprint density at radius 1 is 1.21 bits per heavy atom. The lowest BCUT2D eigenvalue weighted by atomic mass is 10.1. The molecule has 0 atom stereocenters. The molecule has 1 saturated carbocycles. The lowest BCUT2D eigenvalue weighted by Gasteiger charge is -2.07. The van der Waals surface area contributed by atoms with Crippen molar-refractivity contribution in [1.82, 2.24) is 9.78 Å². The summed E-state index contributed by atoms with van der Waals surface area (Å²) in [5.41, 5.74) is 2.58. The molecule has 1 heterocycles. The predicted molar refractivity (Wildman–Crippen MR) is 84.1 cm³/mol. The Morgan fingerprint density at radius 3 is 2.58 bits per heavy atom. The average molecular weight is 337 g/mol. The number of nitrogens with one attached hydrogen (secondary N) is 1. The maximum atomic E-state index is 5.46. The minimum absolute atomic E-state index is 0.688. The summed E-state index contributed by atoms with van der Waals surface area (Å²) in [5, 5.41) is 3.49. The standard InChI is InChI=1S/C15H17BrN2S/c16-13-7-5-11(6-8-13)10-18-15(19)9-14(17-18)12-3-1-2-4-12/h5-9,12,17H,1-4,10H2. The molecule has 3 rings (SSSR count). The molecule has 1 aliphatic rings. The molecule has 1 N–H and O–H groups in total. The molecular formula is C15H17BrN2S. The van der Waals surface area contributed by atoms with Crippen LogP contribution in [0, 0.1) is 4.64 Å². The number of halogens is 1. The fourth-order valence-electron chi connectivity index (χ4n) is 2.79. The molecule has 0 unspecified atom stereocenters. The SMILES string of the molecule is S=c1cc(C2CCCC2)[nH]n1Cc1ccc(Br)cc1. The van der Waals surface area contributed by atoms with Gasteiger partial charge in [0.1, 0.15) is 4.64 Å². The molecule has 0 spiro atoms. The Bertz CT molecular complexity index is 606. The number of hydrogen-bond acceptors (Lipinski definition) is 1. The van der Waals surface area contributed by atoms with Gasteiger partial charge in [0.2, 0.25) is 0 Å². The van der Waals surface area contributed by atoms with Crippen LogP contribution in [0.15, 0.2) is 34.8 Å². The van der Waals surface area contributed by atoms with Gasteiger partial charge in [-0.25, -0.2) is 0 Å². The lowest BCUT2D eigenvalue weighted by Crippen LogP contribution is -2.03. The van der Waals surface area contributed by atoms with Crippen LogP contribution in [0.2, 0.25) is 0 Å². The van der Waals surface area contributed by atoms with Gasteiger partial charge in [0.15, 0.2) is 0 Å². The molecule has 0 radical (unpaired) electrons. The van der Waals surface area contributed by atoms with E-state index in [4.69, 9.17) is 12.2 Å². The van der Waals surface area contributed by atoms with Crippen LogP contribution >= 0.6 is 28.1 Å². The van der Waals surface area contributed by atoms with Gasteiger partial charge in [-0.2, -0.15) is 0 Å². The van der Waals surface area contributed by atoms with E-state index in [-0.39, 0.29) is 0 Å². The molecule has 0 saturated heterocycles. The van der Waals surface area contributed by atoms with E-state index in [9.17, 15) is 0 Å². The smallest absolute Gasteiger partial charge is 0.122 e. The van der Waals surface area contributed by atoms with E-state index in [0.717, 1.165) is 15.7 Å². The molecule has 2 nitrogen and oxygen atoms in total. The molecule has 2 aromatic rings. The number of rotatable bonds is 3. The third kappa shape index (κ3) is 3.00. The quantitative estimate of drug-likeness (QED) is 0.781. The van der Waals surface area contributed by atoms with Crippen molar-refractivity contribution in [2.24, 2.45) is 0 Å². The summed E-state index contributed by atoms with van der Waals surface area (Å²) in [6.07, 6.45) is 5.30. The summed E-state index contributed by atoms with van der Waals surface area (Å²) < 4.78 is 4.09. The Kier molecular flexibility index (Phi) is 3.89. The average Bonchev–Trinajstić information content (AvgIpc) is 3.03. The fourth-order valence-corrected chi connectivity index (χ4v) is 3.29. The number of aromatic amines is 1. The van der Waals surface area contributed by atoms with Crippen molar-refractivity contribution in [2.75, 3.05) is 0 Å². The second-order valence-corrected chi connectivity index (χ2v) is 6.58. The highest BCUT2D eigenvalue weighted by Gasteiger charge is 2.18. The van der Waals surface area contributed by atoms with Crippen LogP contribution < -0.4 is 0 Å². The van der Waals surface area contributed by atoms with E-state index in [0.29, 0.717) is 5.92 Å². The molecule has 0 bridgehead atoms. The summed E-state index contributed by atoms with van der Waals surface area (Å²) in [6.45, 7) is 0.818. The third-order valence-electron chi connectivity index (χ3n) is 3.86. The number of nitrogens with zero attached hydrogens (tertiary/aromatic N) is 1. The summed E-state index contributed by atoms with van der Waals surface area (Å²) >= 11 is 8.91. The highest BCUT2D eigenvalue weighted by Crippen LogP contribution is 2.33. The summed E-state index contributed by atoms with van der Waals surface area (Å²) in [7, 11) is 0. The molecule has 0 amide bonds. The van der Waals surface area contributed by atoms with Gasteiger partial charge < -0.3 is 5.10 Å². The molecule has 1 aliphatic carbocycles. The maximum absolute atomic E-state index is 5.46. The molecular weight excluding hydrogens is 320 g/mol. The van der Waals surface area contributed by atoms with Crippen molar-refractivity contribution >= 4 is 28.1 Å². The van der Waals surface area contributed by atoms with Crippen LogP contribution in [0.1, 0.15) is 42.9 Å². The number of aromatic nitrogens is 2. The monoisotopic (exact) mass is 336 g/mol. The Labute approximate surface area is 127 Å². The highest BCUT2D eigenvalue weighted by atomic mass is 79.9. The molecule has 1 aromatic carbocycles. The topological polar surface area (TPSA) is 20.7 Å². The normalized spacial score (nSPS) is 16.1. The zero-order valence-corrected chi connectivity index (χ0v) is 13.1. The Hall–Kier alpha value is -0.870. The van der Waals surface area contributed by atoms with Crippen LogP contribution in [0.3, 0.4) is 0 Å². The lowest BCUT2D eigenvalue weighted by molar-refractivity contribution is 0.625. The molecule has 1 aromatic heterocycles. The first-order valence-corrected chi connectivity index (χ1v) is 7.97. The first kappa shape index (κ1) is 13.1. The third-order valence-corrected chi connectivity index (χ3v) is 4.72. The predicted octanol–water partition coefficient (Wildman–Crippen LogP) is 5.01. The minimum atomic E-state index is 0.688. The van der Waals surface area contributed by atoms with Gasteiger partial charge in [-0.15, -0.1) is 0 Å². The highest BCUT2D eigenvalue weighted by molar-refractivity contribution is 9.10. The van der Waals surface area contributed by atoms with Crippen LogP contribution in [0.5, 0.6) is 0 Å². The van der Waals surface area contributed by atoms with Gasteiger partial charge in [0.25, 0.3) is 0 Å². The first-order chi connectivity index (χ1) is 9.22. The molecule has 19 heavy (non-hydrogen) atoms. The maximum Gasteiger partial charge on any atom is 0.122 e. The zero-order valence-electron chi connectivity index (χ0n) is 10.7. The fraction of sp³-hybridized carbons (Fsp3) is 0.400. The van der Waals surface area contributed by atoms with Crippen molar-refractivity contribution in [2.45, 2.75) is 38.1 Å². The number of hydrogen-bond donors (Lipinski definition) is 1. The van der Waals surface area contributed by atoms with Crippen molar-refractivity contribution < 1.29 is 0 Å². The van der Waals surface area contributed by atoms with E-state index in [1.165, 1.54) is 36.9 Å². The zero-order chi connectivity index (χ0) is 13.2. The molecule has 0 aliphatic heterocycles. The largest absolute Gasteiger partial charge is 0.301 e. The minimum Gasteiger partial charge on any atom is -0.301 e. The van der Waals surface area contributed by atoms with Gasteiger partial charge in [-0.3, -0.25) is 4.68 Å². The molecule has 4 heteroatoms. The van der Waals surface area contributed by atoms with Gasteiger partial charge >= 0.3 is 0 Å². The number of benzene rings is 1. The van der Waals surface area contributed by atoms with Crippen LogP contribution in [0.4, 0.5) is 0 Å². The van der Waals surface area contributed by atoms with Gasteiger partial charge in [0.05, 0.1) is 6.54 Å². The van der Waals surface area contributed by atoms with E-state index < -0.39 is 0 Å². The summed E-state index contributed by atoms with van der Waals surface area (Å²) in [4.78, 5) is 0. The van der Waals surface area contributed by atoms with Gasteiger partial charge in [-0.1, -0.05) is 53.1 Å². The van der Waals surface area contributed by atoms with E-state index in [1.807, 2.05) is 0 Å². The summed E-state index contributed by atoms with van der Waals surface area (Å²) in [5.74, 6) is 0.688. The Morgan fingerprint density at radius 2 is 1.89 bits per heavy atom. The van der Waals surface area contributed by atoms with Gasteiger partial charge in [0, 0.05) is 16.1 Å². The van der Waals surface area contributed by atoms with E-state index >= 15 is 0 Å². The van der Waals surface area contributed by atoms with Crippen molar-refractivity contribution in [3.8, 4) is 0 Å². The second kappa shape index (κ2) is 5.63. The van der Waals surface area contributed by atoms with E-state index in [1.54, 1.807) is 0 Å². The van der Waals surface area contributed by atoms with Crippen LogP contribution in [0.25, 0.3) is 0 Å². The van der Waals surface area contributed by atoms with Crippen LogP contribution in [-0.2, 0) is 6.54 Å². The van der Waals surface area contributed by atoms with E-state index in [2.05, 4.69) is 56.0 Å². The second-order valence-electron chi connectivity index (χ2n) is 5.24.